The molecule has 1 aliphatic rings. The number of para-hydroxylation sites is 2. The second-order valence-corrected chi connectivity index (χ2v) is 6.87. The first-order valence-corrected chi connectivity index (χ1v) is 9.08. The van der Waals surface area contributed by atoms with Gasteiger partial charge < -0.3 is 4.98 Å². The summed E-state index contributed by atoms with van der Waals surface area (Å²) in [5.74, 6) is 0.839. The van der Waals surface area contributed by atoms with Gasteiger partial charge in [-0.05, 0) is 36.6 Å². The molecule has 1 aliphatic heterocycles. The van der Waals surface area contributed by atoms with Crippen molar-refractivity contribution in [2.45, 2.75) is 32.0 Å². The van der Waals surface area contributed by atoms with E-state index in [1.54, 1.807) is 0 Å². The molecule has 1 unspecified atom stereocenters. The fourth-order valence-electron chi connectivity index (χ4n) is 4.06. The molecule has 4 aromatic rings. The molecule has 0 saturated carbocycles. The Morgan fingerprint density at radius 3 is 2.69 bits per heavy atom. The molecule has 0 radical (unpaired) electrons. The summed E-state index contributed by atoms with van der Waals surface area (Å²) in [4.78, 5) is 21.2. The Hall–Kier alpha value is -2.92. The lowest BCUT2D eigenvalue weighted by Crippen LogP contribution is -2.27. The van der Waals surface area contributed by atoms with E-state index in [4.69, 9.17) is 4.98 Å². The zero-order chi connectivity index (χ0) is 17.7. The molecule has 3 heterocycles. The zero-order valence-electron chi connectivity index (χ0n) is 14.6. The van der Waals surface area contributed by atoms with Gasteiger partial charge in [0.15, 0.2) is 0 Å². The Bertz CT molecular complexity index is 1170. The van der Waals surface area contributed by atoms with Gasteiger partial charge in [0.2, 0.25) is 0 Å². The number of aromatic nitrogens is 3. The van der Waals surface area contributed by atoms with Gasteiger partial charge in [-0.3, -0.25) is 14.7 Å². The van der Waals surface area contributed by atoms with E-state index in [1.807, 2.05) is 34.9 Å². The first-order chi connectivity index (χ1) is 12.8. The molecule has 0 bridgehead atoms. The molecule has 130 valence electrons. The SMILES string of the molecule is CCC1N[C@@H](Cc2c[nH]c3ccccc23)c2nc3ccccc3c(=O)n21. The maximum absolute atomic E-state index is 13.0. The van der Waals surface area contributed by atoms with Crippen LogP contribution in [0.25, 0.3) is 21.8 Å². The zero-order valence-corrected chi connectivity index (χ0v) is 14.6. The number of nitrogens with zero attached hydrogens (tertiary/aromatic N) is 2. The van der Waals surface area contributed by atoms with Gasteiger partial charge in [-0.1, -0.05) is 37.3 Å². The molecule has 2 N–H and O–H groups in total. The molecule has 0 saturated heterocycles. The first-order valence-electron chi connectivity index (χ1n) is 9.08. The molecule has 0 amide bonds. The summed E-state index contributed by atoms with van der Waals surface area (Å²) in [6.07, 6.45) is 3.70. The summed E-state index contributed by atoms with van der Waals surface area (Å²) in [6.45, 7) is 2.09. The lowest BCUT2D eigenvalue weighted by Gasteiger charge is -2.12. The van der Waals surface area contributed by atoms with E-state index in [9.17, 15) is 4.79 Å². The third-order valence-corrected chi connectivity index (χ3v) is 5.34. The van der Waals surface area contributed by atoms with Crippen molar-refractivity contribution in [2.75, 3.05) is 0 Å². The number of nitrogens with one attached hydrogen (secondary N) is 2. The van der Waals surface area contributed by atoms with Crippen molar-refractivity contribution in [3.05, 3.63) is 76.5 Å². The van der Waals surface area contributed by atoms with Crippen molar-refractivity contribution in [3.8, 4) is 0 Å². The Balaban J connectivity index is 1.64. The van der Waals surface area contributed by atoms with Crippen molar-refractivity contribution >= 4 is 21.8 Å². The molecule has 5 rings (SSSR count). The Labute approximate surface area is 150 Å². The maximum atomic E-state index is 13.0. The van der Waals surface area contributed by atoms with Gasteiger partial charge in [0.25, 0.3) is 5.56 Å². The highest BCUT2D eigenvalue weighted by molar-refractivity contribution is 5.83. The number of aromatic amines is 1. The average molecular weight is 344 g/mol. The first kappa shape index (κ1) is 15.3. The fourth-order valence-corrected chi connectivity index (χ4v) is 4.06. The Morgan fingerprint density at radius 1 is 1.08 bits per heavy atom. The second kappa shape index (κ2) is 5.81. The van der Waals surface area contributed by atoms with Gasteiger partial charge >= 0.3 is 0 Å². The molecule has 2 atom stereocenters. The molecule has 2 aromatic carbocycles. The molecular formula is C21H20N4O. The Kier molecular flexibility index (Phi) is 3.43. The minimum absolute atomic E-state index is 0.00943. The highest BCUT2D eigenvalue weighted by atomic mass is 16.1. The number of hydrogen-bond acceptors (Lipinski definition) is 3. The molecule has 5 nitrogen and oxygen atoms in total. The fraction of sp³-hybridized carbons (Fsp3) is 0.238. The third-order valence-electron chi connectivity index (χ3n) is 5.34. The monoisotopic (exact) mass is 344 g/mol. The highest BCUT2D eigenvalue weighted by Gasteiger charge is 2.32. The molecule has 0 fully saturated rings. The van der Waals surface area contributed by atoms with Crippen LogP contribution in [0.15, 0.2) is 59.5 Å². The summed E-state index contributed by atoms with van der Waals surface area (Å²) in [5, 5.41) is 5.52. The predicted octanol–water partition coefficient (Wildman–Crippen LogP) is 3.67. The molecule has 0 aliphatic carbocycles. The standard InChI is InChI=1S/C21H20N4O/c1-2-19-23-18(11-13-12-22-16-9-5-3-7-14(13)16)20-24-17-10-6-4-8-15(17)21(26)25(19)20/h3-10,12,18-19,22-23H,2,11H2,1H3/t18-,19?/m0/s1. The summed E-state index contributed by atoms with van der Waals surface area (Å²) >= 11 is 0. The van der Waals surface area contributed by atoms with Crippen LogP contribution in [-0.2, 0) is 6.42 Å². The lowest BCUT2D eigenvalue weighted by molar-refractivity contribution is 0.413. The van der Waals surface area contributed by atoms with Gasteiger partial charge in [0.05, 0.1) is 23.1 Å². The van der Waals surface area contributed by atoms with Crippen LogP contribution in [0.1, 0.15) is 36.9 Å². The summed E-state index contributed by atoms with van der Waals surface area (Å²) in [6, 6.07) is 15.9. The normalized spacial score (nSPS) is 19.3. The van der Waals surface area contributed by atoms with Crippen molar-refractivity contribution < 1.29 is 0 Å². The van der Waals surface area contributed by atoms with Gasteiger partial charge in [-0.2, -0.15) is 0 Å². The quantitative estimate of drug-likeness (QED) is 0.596. The van der Waals surface area contributed by atoms with Gasteiger partial charge in [0.1, 0.15) is 5.82 Å². The minimum Gasteiger partial charge on any atom is -0.361 e. The molecule has 5 heteroatoms. The van der Waals surface area contributed by atoms with Crippen LogP contribution >= 0.6 is 0 Å². The summed E-state index contributed by atoms with van der Waals surface area (Å²) < 4.78 is 1.85. The van der Waals surface area contributed by atoms with Crippen LogP contribution < -0.4 is 10.9 Å². The largest absolute Gasteiger partial charge is 0.361 e. The van der Waals surface area contributed by atoms with Crippen LogP contribution in [0.2, 0.25) is 0 Å². The van der Waals surface area contributed by atoms with Gasteiger partial charge in [0, 0.05) is 17.1 Å². The summed E-state index contributed by atoms with van der Waals surface area (Å²) in [5.41, 5.74) is 3.19. The van der Waals surface area contributed by atoms with Gasteiger partial charge in [-0.15, -0.1) is 0 Å². The van der Waals surface area contributed by atoms with E-state index in [1.165, 1.54) is 10.9 Å². The molecule has 0 spiro atoms. The van der Waals surface area contributed by atoms with Crippen molar-refractivity contribution in [1.82, 2.24) is 19.9 Å². The average Bonchev–Trinajstić information content (AvgIpc) is 3.24. The van der Waals surface area contributed by atoms with E-state index in [0.717, 1.165) is 29.7 Å². The maximum Gasteiger partial charge on any atom is 0.262 e. The third kappa shape index (κ3) is 2.21. The highest BCUT2D eigenvalue weighted by Crippen LogP contribution is 2.31. The molecule has 26 heavy (non-hydrogen) atoms. The number of rotatable bonds is 3. The Morgan fingerprint density at radius 2 is 1.85 bits per heavy atom. The topological polar surface area (TPSA) is 62.7 Å². The number of fused-ring (bicyclic) bond motifs is 3. The number of hydrogen-bond donors (Lipinski definition) is 2. The van der Waals surface area contributed by atoms with E-state index in [2.05, 4.69) is 41.6 Å². The second-order valence-electron chi connectivity index (χ2n) is 6.87. The lowest BCUT2D eigenvalue weighted by atomic mass is 10.0. The van der Waals surface area contributed by atoms with E-state index in [0.29, 0.717) is 5.39 Å². The van der Waals surface area contributed by atoms with Crippen molar-refractivity contribution in [3.63, 3.8) is 0 Å². The van der Waals surface area contributed by atoms with E-state index >= 15 is 0 Å². The van der Waals surface area contributed by atoms with Crippen LogP contribution in [0, 0.1) is 0 Å². The minimum atomic E-state index is -0.00943. The van der Waals surface area contributed by atoms with Gasteiger partial charge in [-0.25, -0.2) is 4.98 Å². The summed E-state index contributed by atoms with van der Waals surface area (Å²) in [7, 11) is 0. The van der Waals surface area contributed by atoms with E-state index in [-0.39, 0.29) is 17.8 Å². The van der Waals surface area contributed by atoms with Crippen LogP contribution in [0.4, 0.5) is 0 Å². The van der Waals surface area contributed by atoms with E-state index < -0.39 is 0 Å². The van der Waals surface area contributed by atoms with Crippen molar-refractivity contribution in [1.29, 1.82) is 0 Å². The molecular weight excluding hydrogens is 324 g/mol. The predicted molar refractivity (Wildman–Crippen MR) is 103 cm³/mol. The van der Waals surface area contributed by atoms with Crippen molar-refractivity contribution in [2.24, 2.45) is 0 Å². The van der Waals surface area contributed by atoms with Crippen LogP contribution in [-0.4, -0.2) is 14.5 Å². The number of benzene rings is 2. The smallest absolute Gasteiger partial charge is 0.262 e. The number of H-pyrrole nitrogens is 1. The molecule has 2 aromatic heterocycles. The van der Waals surface area contributed by atoms with Crippen LogP contribution in [0.5, 0.6) is 0 Å². The van der Waals surface area contributed by atoms with Crippen LogP contribution in [0.3, 0.4) is 0 Å².